The van der Waals surface area contributed by atoms with Crippen molar-refractivity contribution in [3.63, 3.8) is 0 Å². The van der Waals surface area contributed by atoms with Gasteiger partial charge in [0.25, 0.3) is 0 Å². The Kier molecular flexibility index (Phi) is 7.83. The van der Waals surface area contributed by atoms with E-state index in [-0.39, 0.29) is 6.10 Å². The van der Waals surface area contributed by atoms with Crippen molar-refractivity contribution in [3.8, 4) is 0 Å². The molecule has 2 aliphatic rings. The number of hydrogen-bond acceptors (Lipinski definition) is 5. The average molecular weight is 286 g/mol. The Morgan fingerprint density at radius 3 is 2.75 bits per heavy atom. The first-order chi connectivity index (χ1) is 9.84. The highest BCUT2D eigenvalue weighted by molar-refractivity contribution is 4.68. The van der Waals surface area contributed by atoms with Gasteiger partial charge in [0.2, 0.25) is 0 Å². The lowest BCUT2D eigenvalue weighted by atomic mass is 10.3. The maximum Gasteiger partial charge on any atom is 0.0897 e. The standard InChI is InChI=1S/C15H30N2O3/c18-14(13-20-15-4-1-2-5-15)12-16-6-3-7-17-8-10-19-11-9-17/h14-16,18H,1-13H2. The molecule has 1 heterocycles. The Bertz CT molecular complexity index is 241. The van der Waals surface area contributed by atoms with Crippen molar-refractivity contribution in [1.82, 2.24) is 10.2 Å². The van der Waals surface area contributed by atoms with E-state index in [0.717, 1.165) is 45.8 Å². The molecule has 2 fully saturated rings. The van der Waals surface area contributed by atoms with Gasteiger partial charge in [-0.3, -0.25) is 4.90 Å². The molecule has 0 spiro atoms. The lowest BCUT2D eigenvalue weighted by Crippen LogP contribution is -2.38. The molecule has 5 heteroatoms. The second-order valence-corrected chi connectivity index (χ2v) is 5.91. The predicted octanol–water partition coefficient (Wildman–Crippen LogP) is 0.618. The summed E-state index contributed by atoms with van der Waals surface area (Å²) in [7, 11) is 0. The van der Waals surface area contributed by atoms with Gasteiger partial charge < -0.3 is 19.9 Å². The predicted molar refractivity (Wildman–Crippen MR) is 79.0 cm³/mol. The summed E-state index contributed by atoms with van der Waals surface area (Å²) in [6.45, 7) is 7.02. The van der Waals surface area contributed by atoms with Crippen LogP contribution in [0.25, 0.3) is 0 Å². The van der Waals surface area contributed by atoms with Crippen molar-refractivity contribution < 1.29 is 14.6 Å². The molecule has 1 unspecified atom stereocenters. The normalized spacial score (nSPS) is 23.2. The van der Waals surface area contributed by atoms with Crippen molar-refractivity contribution >= 4 is 0 Å². The molecule has 20 heavy (non-hydrogen) atoms. The van der Waals surface area contributed by atoms with Crippen LogP contribution in [0.2, 0.25) is 0 Å². The smallest absolute Gasteiger partial charge is 0.0897 e. The summed E-state index contributed by atoms with van der Waals surface area (Å²) >= 11 is 0. The highest BCUT2D eigenvalue weighted by Crippen LogP contribution is 2.20. The van der Waals surface area contributed by atoms with Crippen LogP contribution in [-0.4, -0.2) is 74.8 Å². The van der Waals surface area contributed by atoms with Gasteiger partial charge in [0.05, 0.1) is 32.0 Å². The highest BCUT2D eigenvalue weighted by Gasteiger charge is 2.16. The maximum absolute atomic E-state index is 9.84. The Hall–Kier alpha value is -0.200. The van der Waals surface area contributed by atoms with Crippen LogP contribution in [0, 0.1) is 0 Å². The molecule has 0 radical (unpaired) electrons. The SMILES string of the molecule is OC(CNCCCN1CCOCC1)COC1CCCC1. The summed E-state index contributed by atoms with van der Waals surface area (Å²) in [6.07, 6.45) is 6.03. The summed E-state index contributed by atoms with van der Waals surface area (Å²) < 4.78 is 11.0. The molecule has 2 rings (SSSR count). The molecule has 1 atom stereocenters. The van der Waals surface area contributed by atoms with E-state index in [2.05, 4.69) is 10.2 Å². The van der Waals surface area contributed by atoms with Gasteiger partial charge in [0, 0.05) is 19.6 Å². The summed E-state index contributed by atoms with van der Waals surface area (Å²) in [5.41, 5.74) is 0. The Morgan fingerprint density at radius 1 is 1.25 bits per heavy atom. The van der Waals surface area contributed by atoms with Gasteiger partial charge in [-0.1, -0.05) is 12.8 Å². The molecule has 2 N–H and O–H groups in total. The number of rotatable bonds is 9. The van der Waals surface area contributed by atoms with E-state index < -0.39 is 0 Å². The van der Waals surface area contributed by atoms with Gasteiger partial charge in [0.1, 0.15) is 0 Å². The second-order valence-electron chi connectivity index (χ2n) is 5.91. The molecule has 0 aromatic carbocycles. The minimum Gasteiger partial charge on any atom is -0.389 e. The zero-order chi connectivity index (χ0) is 14.0. The van der Waals surface area contributed by atoms with Crippen molar-refractivity contribution in [3.05, 3.63) is 0 Å². The molecule has 118 valence electrons. The van der Waals surface area contributed by atoms with E-state index in [0.29, 0.717) is 19.3 Å². The molecule has 1 aliphatic heterocycles. The van der Waals surface area contributed by atoms with Crippen molar-refractivity contribution in [2.45, 2.75) is 44.3 Å². The minimum absolute atomic E-state index is 0.376. The van der Waals surface area contributed by atoms with E-state index in [4.69, 9.17) is 9.47 Å². The molecule has 1 saturated heterocycles. The molecule has 1 saturated carbocycles. The fourth-order valence-corrected chi connectivity index (χ4v) is 2.88. The number of nitrogens with one attached hydrogen (secondary N) is 1. The number of nitrogens with zero attached hydrogens (tertiary/aromatic N) is 1. The fourth-order valence-electron chi connectivity index (χ4n) is 2.88. The summed E-state index contributed by atoms with van der Waals surface area (Å²) in [5, 5.41) is 13.2. The third-order valence-corrected chi connectivity index (χ3v) is 4.14. The highest BCUT2D eigenvalue weighted by atomic mass is 16.5. The Balaban J connectivity index is 1.39. The van der Waals surface area contributed by atoms with Crippen LogP contribution in [0.5, 0.6) is 0 Å². The van der Waals surface area contributed by atoms with Crippen molar-refractivity contribution in [2.24, 2.45) is 0 Å². The summed E-state index contributed by atoms with van der Waals surface area (Å²) in [6, 6.07) is 0. The zero-order valence-electron chi connectivity index (χ0n) is 12.6. The number of aliphatic hydroxyl groups is 1. The van der Waals surface area contributed by atoms with Crippen LogP contribution < -0.4 is 5.32 Å². The molecule has 0 bridgehead atoms. The molecule has 0 aromatic rings. The molecular formula is C15H30N2O3. The van der Waals surface area contributed by atoms with E-state index in [1.807, 2.05) is 0 Å². The van der Waals surface area contributed by atoms with Gasteiger partial charge in [-0.25, -0.2) is 0 Å². The van der Waals surface area contributed by atoms with E-state index in [1.54, 1.807) is 0 Å². The molecule has 0 aromatic heterocycles. The van der Waals surface area contributed by atoms with Crippen molar-refractivity contribution in [1.29, 1.82) is 0 Å². The minimum atomic E-state index is -0.376. The molecule has 0 amide bonds. The van der Waals surface area contributed by atoms with Crippen LogP contribution in [0.3, 0.4) is 0 Å². The first kappa shape index (κ1) is 16.2. The first-order valence-electron chi connectivity index (χ1n) is 8.15. The van der Waals surface area contributed by atoms with Crippen LogP contribution in [0.15, 0.2) is 0 Å². The summed E-state index contributed by atoms with van der Waals surface area (Å²) in [4.78, 5) is 2.44. The van der Waals surface area contributed by atoms with E-state index in [9.17, 15) is 5.11 Å². The third kappa shape index (κ3) is 6.50. The number of hydrogen-bond donors (Lipinski definition) is 2. The molecular weight excluding hydrogens is 256 g/mol. The van der Waals surface area contributed by atoms with E-state index in [1.165, 1.54) is 25.7 Å². The topological polar surface area (TPSA) is 54.0 Å². The monoisotopic (exact) mass is 286 g/mol. The van der Waals surface area contributed by atoms with Crippen LogP contribution in [0.4, 0.5) is 0 Å². The maximum atomic E-state index is 9.84. The van der Waals surface area contributed by atoms with Crippen LogP contribution in [-0.2, 0) is 9.47 Å². The van der Waals surface area contributed by atoms with Gasteiger partial charge >= 0.3 is 0 Å². The lowest BCUT2D eigenvalue weighted by Gasteiger charge is -2.26. The van der Waals surface area contributed by atoms with Gasteiger partial charge in [-0.2, -0.15) is 0 Å². The Morgan fingerprint density at radius 2 is 2.00 bits per heavy atom. The number of morpholine rings is 1. The second kappa shape index (κ2) is 9.68. The first-order valence-corrected chi connectivity index (χ1v) is 8.15. The van der Waals surface area contributed by atoms with E-state index >= 15 is 0 Å². The zero-order valence-corrected chi connectivity index (χ0v) is 12.6. The van der Waals surface area contributed by atoms with Crippen LogP contribution >= 0.6 is 0 Å². The molecule has 5 nitrogen and oxygen atoms in total. The van der Waals surface area contributed by atoms with Crippen molar-refractivity contribution in [2.75, 3.05) is 52.5 Å². The largest absolute Gasteiger partial charge is 0.389 e. The van der Waals surface area contributed by atoms with Gasteiger partial charge in [0.15, 0.2) is 0 Å². The fraction of sp³-hybridized carbons (Fsp3) is 1.00. The summed E-state index contributed by atoms with van der Waals surface area (Å²) in [5.74, 6) is 0. The Labute approximate surface area is 122 Å². The van der Waals surface area contributed by atoms with Crippen LogP contribution in [0.1, 0.15) is 32.1 Å². The number of aliphatic hydroxyl groups excluding tert-OH is 1. The van der Waals surface area contributed by atoms with Gasteiger partial charge in [-0.15, -0.1) is 0 Å². The number of ether oxygens (including phenoxy) is 2. The average Bonchev–Trinajstić information content (AvgIpc) is 2.99. The third-order valence-electron chi connectivity index (χ3n) is 4.14. The molecule has 1 aliphatic carbocycles. The quantitative estimate of drug-likeness (QED) is 0.609. The lowest BCUT2D eigenvalue weighted by molar-refractivity contribution is -0.00549. The van der Waals surface area contributed by atoms with Gasteiger partial charge in [-0.05, 0) is 32.4 Å².